The molecule has 100 valence electrons. The minimum atomic E-state index is -0.467. The van der Waals surface area contributed by atoms with Crippen LogP contribution in [0.5, 0.6) is 17.2 Å². The predicted molar refractivity (Wildman–Crippen MR) is 75.6 cm³/mol. The first-order valence-electron chi connectivity index (χ1n) is 6.45. The Kier molecular flexibility index (Phi) is 3.65. The Morgan fingerprint density at radius 2 is 1.37 bits per heavy atom. The van der Waals surface area contributed by atoms with E-state index >= 15 is 0 Å². The van der Waals surface area contributed by atoms with Gasteiger partial charge in [0.05, 0.1) is 0 Å². The Morgan fingerprint density at radius 1 is 0.789 bits per heavy atom. The van der Waals surface area contributed by atoms with E-state index < -0.39 is 5.75 Å². The second kappa shape index (κ2) is 5.22. The smallest absolute Gasteiger partial charge is 0.200 e. The molecule has 0 unspecified atom stereocenters. The zero-order valence-corrected chi connectivity index (χ0v) is 11.1. The van der Waals surface area contributed by atoms with Crippen LogP contribution in [0.3, 0.4) is 0 Å². The molecule has 0 saturated carbocycles. The Balaban J connectivity index is 2.74. The lowest BCUT2D eigenvalue weighted by molar-refractivity contribution is 0.369. The Labute approximate surface area is 112 Å². The molecule has 0 atom stereocenters. The Hall–Kier alpha value is -2.16. The molecule has 0 spiro atoms. The van der Waals surface area contributed by atoms with Crippen LogP contribution in [-0.2, 0) is 12.8 Å². The summed E-state index contributed by atoms with van der Waals surface area (Å²) in [6.07, 6.45) is 1.68. The van der Waals surface area contributed by atoms with E-state index in [2.05, 4.69) is 13.8 Å². The molecule has 2 rings (SSSR count). The highest BCUT2D eigenvalue weighted by Gasteiger charge is 2.17. The van der Waals surface area contributed by atoms with E-state index in [1.807, 2.05) is 18.2 Å². The van der Waals surface area contributed by atoms with Crippen molar-refractivity contribution in [2.75, 3.05) is 0 Å². The Morgan fingerprint density at radius 3 is 1.89 bits per heavy atom. The van der Waals surface area contributed by atoms with E-state index in [9.17, 15) is 15.3 Å². The largest absolute Gasteiger partial charge is 0.504 e. The molecule has 3 nitrogen and oxygen atoms in total. The first-order chi connectivity index (χ1) is 9.10. The first-order valence-corrected chi connectivity index (χ1v) is 6.45. The van der Waals surface area contributed by atoms with Crippen LogP contribution >= 0.6 is 0 Å². The minimum absolute atomic E-state index is 0.268. The van der Waals surface area contributed by atoms with Crippen LogP contribution in [0.25, 0.3) is 11.1 Å². The standard InChI is InChI=1S/C16H18O3/c1-3-10-6-5-7-11(4-2)14(10)12-8-9-13(17)16(19)15(12)18/h5-9,17-19H,3-4H2,1-2H3. The maximum absolute atomic E-state index is 10.1. The normalized spacial score (nSPS) is 10.6. The first kappa shape index (κ1) is 13.3. The monoisotopic (exact) mass is 258 g/mol. The number of aromatic hydroxyl groups is 3. The van der Waals surface area contributed by atoms with E-state index in [1.165, 1.54) is 6.07 Å². The SMILES string of the molecule is CCc1cccc(CC)c1-c1ccc(O)c(O)c1O. The number of aryl methyl sites for hydroxylation is 2. The summed E-state index contributed by atoms with van der Waals surface area (Å²) < 4.78 is 0. The van der Waals surface area contributed by atoms with Gasteiger partial charge >= 0.3 is 0 Å². The fourth-order valence-corrected chi connectivity index (χ4v) is 2.36. The minimum Gasteiger partial charge on any atom is -0.504 e. The predicted octanol–water partition coefficient (Wildman–Crippen LogP) is 3.60. The summed E-state index contributed by atoms with van der Waals surface area (Å²) in [5.74, 6) is -1.05. The molecule has 3 N–H and O–H groups in total. The molecule has 0 fully saturated rings. The van der Waals surface area contributed by atoms with Crippen LogP contribution in [-0.4, -0.2) is 15.3 Å². The Bertz CT molecular complexity index is 581. The van der Waals surface area contributed by atoms with Crippen molar-refractivity contribution in [2.45, 2.75) is 26.7 Å². The van der Waals surface area contributed by atoms with E-state index in [4.69, 9.17) is 0 Å². The second-order valence-corrected chi connectivity index (χ2v) is 4.49. The van der Waals surface area contributed by atoms with Crippen LogP contribution < -0.4 is 0 Å². The molecule has 0 aliphatic heterocycles. The van der Waals surface area contributed by atoms with Gasteiger partial charge in [-0.05, 0) is 41.7 Å². The number of hydrogen-bond acceptors (Lipinski definition) is 3. The molecule has 0 bridgehead atoms. The maximum atomic E-state index is 10.1. The van der Waals surface area contributed by atoms with Gasteiger partial charge in [0.1, 0.15) is 0 Å². The summed E-state index contributed by atoms with van der Waals surface area (Å²) in [4.78, 5) is 0. The fourth-order valence-electron chi connectivity index (χ4n) is 2.36. The fraction of sp³-hybridized carbons (Fsp3) is 0.250. The molecular formula is C16H18O3. The highest BCUT2D eigenvalue weighted by molar-refractivity contribution is 5.79. The summed E-state index contributed by atoms with van der Waals surface area (Å²) in [6.45, 7) is 4.10. The number of rotatable bonds is 3. The summed E-state index contributed by atoms with van der Waals surface area (Å²) in [7, 11) is 0. The molecule has 0 amide bonds. The van der Waals surface area contributed by atoms with Gasteiger partial charge in [0.15, 0.2) is 11.5 Å². The molecule has 2 aromatic rings. The number of phenolic OH excluding ortho intramolecular Hbond substituents is 3. The average Bonchev–Trinajstić information content (AvgIpc) is 2.44. The van der Waals surface area contributed by atoms with Crippen molar-refractivity contribution in [3.05, 3.63) is 41.5 Å². The van der Waals surface area contributed by atoms with E-state index in [-0.39, 0.29) is 11.5 Å². The van der Waals surface area contributed by atoms with Crippen molar-refractivity contribution >= 4 is 0 Å². The lowest BCUT2D eigenvalue weighted by Crippen LogP contribution is -1.94. The van der Waals surface area contributed by atoms with Crippen molar-refractivity contribution in [3.8, 4) is 28.4 Å². The third kappa shape index (κ3) is 2.24. The van der Waals surface area contributed by atoms with E-state index in [0.717, 1.165) is 29.5 Å². The quantitative estimate of drug-likeness (QED) is 0.737. The average molecular weight is 258 g/mol. The molecule has 19 heavy (non-hydrogen) atoms. The molecule has 0 heterocycles. The van der Waals surface area contributed by atoms with Crippen molar-refractivity contribution in [1.29, 1.82) is 0 Å². The third-order valence-electron chi connectivity index (χ3n) is 3.40. The highest BCUT2D eigenvalue weighted by Crippen LogP contribution is 2.44. The maximum Gasteiger partial charge on any atom is 0.200 e. The lowest BCUT2D eigenvalue weighted by atomic mass is 9.91. The van der Waals surface area contributed by atoms with Gasteiger partial charge in [-0.2, -0.15) is 0 Å². The number of hydrogen-bond donors (Lipinski definition) is 3. The molecule has 0 saturated heterocycles. The van der Waals surface area contributed by atoms with Crippen LogP contribution in [0.4, 0.5) is 0 Å². The van der Waals surface area contributed by atoms with Crippen molar-refractivity contribution in [3.63, 3.8) is 0 Å². The molecule has 0 aliphatic carbocycles. The molecule has 2 aromatic carbocycles. The molecule has 3 heteroatoms. The van der Waals surface area contributed by atoms with Crippen LogP contribution in [0, 0.1) is 0 Å². The van der Waals surface area contributed by atoms with Crippen LogP contribution in [0.1, 0.15) is 25.0 Å². The second-order valence-electron chi connectivity index (χ2n) is 4.49. The summed E-state index contributed by atoms with van der Waals surface area (Å²) >= 11 is 0. The molecule has 0 radical (unpaired) electrons. The van der Waals surface area contributed by atoms with Gasteiger partial charge in [-0.1, -0.05) is 32.0 Å². The van der Waals surface area contributed by atoms with Gasteiger partial charge in [0.2, 0.25) is 5.75 Å². The third-order valence-corrected chi connectivity index (χ3v) is 3.40. The number of benzene rings is 2. The van der Waals surface area contributed by atoms with E-state index in [0.29, 0.717) is 5.56 Å². The molecular weight excluding hydrogens is 240 g/mol. The number of phenols is 3. The van der Waals surface area contributed by atoms with Crippen LogP contribution in [0.15, 0.2) is 30.3 Å². The molecule has 0 aliphatic rings. The molecule has 0 aromatic heterocycles. The van der Waals surface area contributed by atoms with Gasteiger partial charge in [0.25, 0.3) is 0 Å². The van der Waals surface area contributed by atoms with Crippen molar-refractivity contribution in [2.24, 2.45) is 0 Å². The van der Waals surface area contributed by atoms with Gasteiger partial charge in [-0.25, -0.2) is 0 Å². The lowest BCUT2D eigenvalue weighted by Gasteiger charge is -2.15. The topological polar surface area (TPSA) is 60.7 Å². The van der Waals surface area contributed by atoms with Crippen molar-refractivity contribution in [1.82, 2.24) is 0 Å². The summed E-state index contributed by atoms with van der Waals surface area (Å²) in [5.41, 5.74) is 3.73. The van der Waals surface area contributed by atoms with Gasteiger partial charge in [-0.15, -0.1) is 0 Å². The van der Waals surface area contributed by atoms with Gasteiger partial charge in [0, 0.05) is 5.56 Å². The zero-order valence-electron chi connectivity index (χ0n) is 11.1. The van der Waals surface area contributed by atoms with Gasteiger partial charge < -0.3 is 15.3 Å². The van der Waals surface area contributed by atoms with Crippen LogP contribution in [0.2, 0.25) is 0 Å². The zero-order chi connectivity index (χ0) is 14.0. The van der Waals surface area contributed by atoms with E-state index in [1.54, 1.807) is 6.07 Å². The summed E-state index contributed by atoms with van der Waals surface area (Å²) in [5, 5.41) is 29.2. The van der Waals surface area contributed by atoms with Crippen molar-refractivity contribution < 1.29 is 15.3 Å². The van der Waals surface area contributed by atoms with Gasteiger partial charge in [-0.3, -0.25) is 0 Å². The summed E-state index contributed by atoms with van der Waals surface area (Å²) in [6, 6.07) is 9.06. The highest BCUT2D eigenvalue weighted by atomic mass is 16.3.